The van der Waals surface area contributed by atoms with Crippen molar-refractivity contribution in [3.63, 3.8) is 0 Å². The number of methoxy groups -OCH3 is 3. The minimum atomic E-state index is -0.611. The van der Waals surface area contributed by atoms with E-state index in [0.717, 1.165) is 29.3 Å². The molecular formula is C22H17F2NO4. The summed E-state index contributed by atoms with van der Waals surface area (Å²) < 4.78 is 49.6. The number of hydrogen-bond acceptors (Lipinski definition) is 5. The van der Waals surface area contributed by atoms with Gasteiger partial charge in [0, 0.05) is 5.56 Å². The van der Waals surface area contributed by atoms with Gasteiger partial charge in [0.15, 0.2) is 17.1 Å². The first kappa shape index (κ1) is 18.7. The van der Waals surface area contributed by atoms with Crippen LogP contribution in [0.5, 0.6) is 17.2 Å². The lowest BCUT2D eigenvalue weighted by atomic mass is 10.0. The second kappa shape index (κ2) is 7.43. The minimum Gasteiger partial charge on any atom is -0.493 e. The monoisotopic (exact) mass is 397 g/mol. The summed E-state index contributed by atoms with van der Waals surface area (Å²) >= 11 is 0. The molecule has 0 amide bonds. The van der Waals surface area contributed by atoms with Crippen LogP contribution < -0.4 is 14.2 Å². The fourth-order valence-corrected chi connectivity index (χ4v) is 3.20. The Kier molecular flexibility index (Phi) is 4.80. The summed E-state index contributed by atoms with van der Waals surface area (Å²) in [5, 5.41) is 0. The number of benzene rings is 3. The van der Waals surface area contributed by atoms with E-state index in [9.17, 15) is 8.78 Å². The molecular weight excluding hydrogens is 380 g/mol. The van der Waals surface area contributed by atoms with Crippen molar-refractivity contribution in [1.29, 1.82) is 0 Å². The summed E-state index contributed by atoms with van der Waals surface area (Å²) in [5.74, 6) is 0.333. The predicted molar refractivity (Wildman–Crippen MR) is 104 cm³/mol. The van der Waals surface area contributed by atoms with Crippen molar-refractivity contribution in [2.45, 2.75) is 0 Å². The van der Waals surface area contributed by atoms with Gasteiger partial charge in [0.1, 0.15) is 17.2 Å². The second-order valence-electron chi connectivity index (χ2n) is 6.21. The molecule has 3 aromatic carbocycles. The smallest absolute Gasteiger partial charge is 0.230 e. The van der Waals surface area contributed by atoms with Crippen LogP contribution in [0.1, 0.15) is 0 Å². The number of oxazole rings is 1. The maximum atomic E-state index is 14.1. The molecule has 0 saturated carbocycles. The fraction of sp³-hybridized carbons (Fsp3) is 0.136. The highest BCUT2D eigenvalue weighted by atomic mass is 19.1. The molecule has 0 saturated heterocycles. The molecule has 0 atom stereocenters. The lowest BCUT2D eigenvalue weighted by Gasteiger charge is -2.15. The Labute approximate surface area is 165 Å². The Hall–Kier alpha value is -3.61. The van der Waals surface area contributed by atoms with Crippen LogP contribution in [0.4, 0.5) is 8.78 Å². The van der Waals surface area contributed by atoms with E-state index in [2.05, 4.69) is 4.98 Å². The summed E-state index contributed by atoms with van der Waals surface area (Å²) in [5.41, 5.74) is 2.44. The third-order valence-electron chi connectivity index (χ3n) is 4.56. The van der Waals surface area contributed by atoms with Crippen molar-refractivity contribution in [2.75, 3.05) is 21.3 Å². The maximum absolute atomic E-state index is 14.1. The standard InChI is InChI=1S/C22H17F2NO4/c1-26-18-9-6-14(20(27-2)21(18)28-3)12-4-8-17-19(10-12)29-22(25-17)15-11-13(23)5-7-16(15)24/h4-11H,1-3H3. The zero-order chi connectivity index (χ0) is 20.5. The lowest BCUT2D eigenvalue weighted by Crippen LogP contribution is -1.96. The molecule has 0 radical (unpaired) electrons. The Morgan fingerprint density at radius 2 is 1.59 bits per heavy atom. The molecule has 4 aromatic rings. The number of hydrogen-bond donors (Lipinski definition) is 0. The van der Waals surface area contributed by atoms with Gasteiger partial charge in [0.2, 0.25) is 11.6 Å². The Morgan fingerprint density at radius 1 is 0.793 bits per heavy atom. The van der Waals surface area contributed by atoms with Crippen molar-refractivity contribution in [2.24, 2.45) is 0 Å². The molecule has 148 valence electrons. The summed E-state index contributed by atoms with van der Waals surface area (Å²) in [4.78, 5) is 4.27. The van der Waals surface area contributed by atoms with E-state index in [1.807, 2.05) is 12.1 Å². The van der Waals surface area contributed by atoms with Crippen molar-refractivity contribution in [3.05, 3.63) is 60.2 Å². The number of fused-ring (bicyclic) bond motifs is 1. The van der Waals surface area contributed by atoms with E-state index in [-0.39, 0.29) is 11.5 Å². The molecule has 0 aliphatic heterocycles. The van der Waals surface area contributed by atoms with Gasteiger partial charge in [0.25, 0.3) is 0 Å². The Balaban J connectivity index is 1.84. The molecule has 0 bridgehead atoms. The van der Waals surface area contributed by atoms with E-state index in [0.29, 0.717) is 28.3 Å². The van der Waals surface area contributed by atoms with Crippen LogP contribution in [0, 0.1) is 11.6 Å². The van der Waals surface area contributed by atoms with Crippen LogP contribution in [-0.2, 0) is 0 Å². The van der Waals surface area contributed by atoms with Gasteiger partial charge >= 0.3 is 0 Å². The summed E-state index contributed by atoms with van der Waals surface area (Å²) in [6.45, 7) is 0. The van der Waals surface area contributed by atoms with Gasteiger partial charge in [-0.25, -0.2) is 13.8 Å². The normalized spacial score (nSPS) is 10.9. The molecule has 29 heavy (non-hydrogen) atoms. The summed E-state index contributed by atoms with van der Waals surface area (Å²) in [6, 6.07) is 12.1. The van der Waals surface area contributed by atoms with Gasteiger partial charge in [-0.05, 0) is 48.0 Å². The highest BCUT2D eigenvalue weighted by Gasteiger charge is 2.19. The molecule has 1 heterocycles. The quantitative estimate of drug-likeness (QED) is 0.447. The Bertz CT molecular complexity index is 1200. The molecule has 0 aliphatic carbocycles. The third kappa shape index (κ3) is 3.24. The first-order valence-electron chi connectivity index (χ1n) is 8.71. The number of rotatable bonds is 5. The molecule has 0 aliphatic rings. The van der Waals surface area contributed by atoms with Crippen LogP contribution in [0.25, 0.3) is 33.7 Å². The highest BCUT2D eigenvalue weighted by molar-refractivity contribution is 5.85. The summed E-state index contributed by atoms with van der Waals surface area (Å²) in [7, 11) is 4.62. The predicted octanol–water partition coefficient (Wildman–Crippen LogP) is 5.47. The fourth-order valence-electron chi connectivity index (χ4n) is 3.20. The topological polar surface area (TPSA) is 53.7 Å². The van der Waals surface area contributed by atoms with Gasteiger partial charge in [0.05, 0.1) is 26.9 Å². The van der Waals surface area contributed by atoms with Gasteiger partial charge in [-0.3, -0.25) is 0 Å². The Morgan fingerprint density at radius 3 is 2.31 bits per heavy atom. The molecule has 7 heteroatoms. The van der Waals surface area contributed by atoms with E-state index in [4.69, 9.17) is 18.6 Å². The average Bonchev–Trinajstić information content (AvgIpc) is 3.17. The van der Waals surface area contributed by atoms with Crippen LogP contribution in [0.3, 0.4) is 0 Å². The van der Waals surface area contributed by atoms with Crippen molar-refractivity contribution < 1.29 is 27.4 Å². The maximum Gasteiger partial charge on any atom is 0.230 e. The first-order chi connectivity index (χ1) is 14.0. The van der Waals surface area contributed by atoms with E-state index >= 15 is 0 Å². The second-order valence-corrected chi connectivity index (χ2v) is 6.21. The average molecular weight is 397 g/mol. The number of nitrogens with zero attached hydrogens (tertiary/aromatic N) is 1. The lowest BCUT2D eigenvalue weighted by molar-refractivity contribution is 0.325. The van der Waals surface area contributed by atoms with Crippen LogP contribution in [0.2, 0.25) is 0 Å². The van der Waals surface area contributed by atoms with Crippen LogP contribution >= 0.6 is 0 Å². The first-order valence-corrected chi connectivity index (χ1v) is 8.71. The molecule has 0 N–H and O–H groups in total. The highest BCUT2D eigenvalue weighted by Crippen LogP contribution is 2.44. The number of aromatic nitrogens is 1. The largest absolute Gasteiger partial charge is 0.493 e. The molecule has 0 fully saturated rings. The number of halogens is 2. The summed E-state index contributed by atoms with van der Waals surface area (Å²) in [6.07, 6.45) is 0. The molecule has 1 aromatic heterocycles. The van der Waals surface area contributed by atoms with Gasteiger partial charge < -0.3 is 18.6 Å². The van der Waals surface area contributed by atoms with Gasteiger partial charge in [-0.15, -0.1) is 0 Å². The van der Waals surface area contributed by atoms with E-state index in [1.165, 1.54) is 7.11 Å². The third-order valence-corrected chi connectivity index (χ3v) is 4.56. The molecule has 0 spiro atoms. The van der Waals surface area contributed by atoms with Gasteiger partial charge in [-0.2, -0.15) is 0 Å². The van der Waals surface area contributed by atoms with E-state index < -0.39 is 11.6 Å². The molecule has 0 unspecified atom stereocenters. The van der Waals surface area contributed by atoms with Crippen molar-refractivity contribution in [1.82, 2.24) is 4.98 Å². The van der Waals surface area contributed by atoms with Crippen LogP contribution in [-0.4, -0.2) is 26.3 Å². The van der Waals surface area contributed by atoms with Crippen molar-refractivity contribution >= 4 is 11.1 Å². The zero-order valence-electron chi connectivity index (χ0n) is 16.0. The van der Waals surface area contributed by atoms with Crippen LogP contribution in [0.15, 0.2) is 52.9 Å². The van der Waals surface area contributed by atoms with Gasteiger partial charge in [-0.1, -0.05) is 6.07 Å². The minimum absolute atomic E-state index is 0.00780. The molecule has 5 nitrogen and oxygen atoms in total. The molecule has 4 rings (SSSR count). The van der Waals surface area contributed by atoms with E-state index in [1.54, 1.807) is 32.4 Å². The van der Waals surface area contributed by atoms with Crippen molar-refractivity contribution in [3.8, 4) is 39.8 Å². The SMILES string of the molecule is COc1ccc(-c2ccc3nc(-c4cc(F)ccc4F)oc3c2)c(OC)c1OC. The zero-order valence-corrected chi connectivity index (χ0v) is 16.0. The number of ether oxygens (including phenoxy) is 3.